The topological polar surface area (TPSA) is 81.4 Å². The zero-order valence-electron chi connectivity index (χ0n) is 11.5. The fraction of sp³-hybridized carbons (Fsp3) is 0.154. The van der Waals surface area contributed by atoms with Crippen molar-refractivity contribution >= 4 is 29.2 Å². The fourth-order valence-corrected chi connectivity index (χ4v) is 2.26. The highest BCUT2D eigenvalue weighted by Gasteiger charge is 2.13. The van der Waals surface area contributed by atoms with Gasteiger partial charge in [-0.1, -0.05) is 34.4 Å². The molecular weight excluding hydrogens is 325 g/mol. The number of aromatic nitrogens is 6. The quantitative estimate of drug-likeness (QED) is 0.789. The number of halogens is 2. The van der Waals surface area contributed by atoms with E-state index in [4.69, 9.17) is 23.2 Å². The molecule has 0 aliphatic rings. The summed E-state index contributed by atoms with van der Waals surface area (Å²) in [5.74, 6) is 0.446. The summed E-state index contributed by atoms with van der Waals surface area (Å²) in [6.45, 7) is 2.40. The van der Waals surface area contributed by atoms with E-state index >= 15 is 0 Å². The van der Waals surface area contributed by atoms with Gasteiger partial charge in [-0.25, -0.2) is 9.97 Å². The van der Waals surface area contributed by atoms with Gasteiger partial charge in [-0.05, 0) is 35.0 Å². The van der Waals surface area contributed by atoms with Crippen molar-refractivity contribution in [3.05, 3.63) is 52.0 Å². The van der Waals surface area contributed by atoms with Crippen LogP contribution in [0.15, 0.2) is 30.7 Å². The Labute approximate surface area is 136 Å². The first-order valence-corrected chi connectivity index (χ1v) is 7.14. The number of hydrogen-bond acceptors (Lipinski definition) is 6. The Morgan fingerprint density at radius 1 is 1.27 bits per heavy atom. The molecule has 0 atom stereocenters. The summed E-state index contributed by atoms with van der Waals surface area (Å²) in [5, 5.41) is 15.5. The molecule has 9 heteroatoms. The van der Waals surface area contributed by atoms with Crippen LogP contribution >= 0.6 is 23.2 Å². The fourth-order valence-electron chi connectivity index (χ4n) is 1.89. The van der Waals surface area contributed by atoms with Crippen molar-refractivity contribution in [2.45, 2.75) is 13.5 Å². The van der Waals surface area contributed by atoms with Gasteiger partial charge in [-0.3, -0.25) is 0 Å². The molecule has 0 fully saturated rings. The molecule has 112 valence electrons. The summed E-state index contributed by atoms with van der Waals surface area (Å²) >= 11 is 12.2. The molecule has 0 radical (unpaired) electrons. The van der Waals surface area contributed by atoms with E-state index in [1.165, 1.54) is 11.0 Å². The predicted octanol–water partition coefficient (Wildman–Crippen LogP) is 2.68. The second-order valence-corrected chi connectivity index (χ2v) is 5.28. The monoisotopic (exact) mass is 335 g/mol. The molecule has 0 saturated carbocycles. The smallest absolute Gasteiger partial charge is 0.248 e. The van der Waals surface area contributed by atoms with Gasteiger partial charge in [0.15, 0.2) is 0 Å². The summed E-state index contributed by atoms with van der Waals surface area (Å²) < 4.78 is 1.49. The van der Waals surface area contributed by atoms with Crippen molar-refractivity contribution in [3.8, 4) is 5.69 Å². The normalized spacial score (nSPS) is 10.7. The van der Waals surface area contributed by atoms with Crippen molar-refractivity contribution in [2.75, 3.05) is 5.32 Å². The molecule has 3 aromatic rings. The molecule has 3 rings (SSSR count). The van der Waals surface area contributed by atoms with Crippen LogP contribution < -0.4 is 5.32 Å². The van der Waals surface area contributed by atoms with Gasteiger partial charge < -0.3 is 5.32 Å². The van der Waals surface area contributed by atoms with Gasteiger partial charge in [0.05, 0.1) is 28.0 Å². The predicted molar refractivity (Wildman–Crippen MR) is 83.3 cm³/mol. The van der Waals surface area contributed by atoms with E-state index in [1.54, 1.807) is 24.4 Å². The number of anilines is 1. The van der Waals surface area contributed by atoms with Gasteiger partial charge in [0.2, 0.25) is 5.95 Å². The number of hydrogen-bond donors (Lipinski definition) is 1. The molecule has 1 N–H and O–H groups in total. The van der Waals surface area contributed by atoms with Crippen LogP contribution in [0.5, 0.6) is 0 Å². The average molecular weight is 336 g/mol. The van der Waals surface area contributed by atoms with Crippen molar-refractivity contribution in [2.24, 2.45) is 0 Å². The summed E-state index contributed by atoms with van der Waals surface area (Å²) in [5.41, 5.74) is 2.44. The molecule has 7 nitrogen and oxygen atoms in total. The maximum absolute atomic E-state index is 6.20. The Morgan fingerprint density at radius 3 is 2.95 bits per heavy atom. The van der Waals surface area contributed by atoms with Crippen molar-refractivity contribution in [3.63, 3.8) is 0 Å². The maximum atomic E-state index is 6.20. The summed E-state index contributed by atoms with van der Waals surface area (Å²) in [6, 6.07) is 5.27. The van der Waals surface area contributed by atoms with Crippen molar-refractivity contribution < 1.29 is 0 Å². The van der Waals surface area contributed by atoms with Crippen molar-refractivity contribution in [1.29, 1.82) is 0 Å². The van der Waals surface area contributed by atoms with Crippen LogP contribution in [0.3, 0.4) is 0 Å². The highest BCUT2D eigenvalue weighted by atomic mass is 35.5. The number of nitrogens with one attached hydrogen (secondary N) is 1. The van der Waals surface area contributed by atoms with E-state index in [1.807, 2.05) is 6.92 Å². The lowest BCUT2D eigenvalue weighted by atomic mass is 10.2. The number of rotatable bonds is 4. The lowest BCUT2D eigenvalue weighted by Gasteiger charge is -2.09. The zero-order valence-corrected chi connectivity index (χ0v) is 13.0. The van der Waals surface area contributed by atoms with Gasteiger partial charge in [-0.15, -0.1) is 0 Å². The van der Waals surface area contributed by atoms with E-state index in [0.29, 0.717) is 28.2 Å². The summed E-state index contributed by atoms with van der Waals surface area (Å²) in [4.78, 5) is 8.17. The number of aryl methyl sites for hydroxylation is 1. The Balaban J connectivity index is 1.87. The number of benzene rings is 1. The molecule has 2 aromatic heterocycles. The Kier molecular flexibility index (Phi) is 4.17. The SMILES string of the molecule is Cc1cncnc1CNc1nnnn1-c1cccc(Cl)c1Cl. The lowest BCUT2D eigenvalue weighted by Crippen LogP contribution is -2.10. The van der Waals surface area contributed by atoms with Crippen LogP contribution in [-0.4, -0.2) is 30.2 Å². The minimum Gasteiger partial charge on any atom is -0.347 e. The molecule has 0 aliphatic heterocycles. The first-order chi connectivity index (χ1) is 10.7. The molecule has 0 amide bonds. The third-order valence-corrected chi connectivity index (χ3v) is 3.86. The average Bonchev–Trinajstić information content (AvgIpc) is 2.97. The molecule has 0 aliphatic carbocycles. The highest BCUT2D eigenvalue weighted by Crippen LogP contribution is 2.29. The molecule has 0 bridgehead atoms. The van der Waals surface area contributed by atoms with E-state index in [0.717, 1.165) is 11.3 Å². The number of tetrazole rings is 1. The highest BCUT2D eigenvalue weighted by molar-refractivity contribution is 6.43. The van der Waals surface area contributed by atoms with E-state index < -0.39 is 0 Å². The lowest BCUT2D eigenvalue weighted by molar-refractivity contribution is 0.788. The molecular formula is C13H11Cl2N7. The van der Waals surface area contributed by atoms with Gasteiger partial charge >= 0.3 is 0 Å². The molecule has 0 spiro atoms. The van der Waals surface area contributed by atoms with E-state index in [2.05, 4.69) is 30.8 Å². The van der Waals surface area contributed by atoms with Gasteiger partial charge in [0.25, 0.3) is 0 Å². The molecule has 0 saturated heterocycles. The second kappa shape index (κ2) is 6.25. The largest absolute Gasteiger partial charge is 0.347 e. The van der Waals surface area contributed by atoms with Crippen LogP contribution in [0, 0.1) is 6.92 Å². The van der Waals surface area contributed by atoms with Gasteiger partial charge in [0, 0.05) is 6.20 Å². The van der Waals surface area contributed by atoms with Crippen LogP contribution in [0.4, 0.5) is 5.95 Å². The first-order valence-electron chi connectivity index (χ1n) is 6.39. The van der Waals surface area contributed by atoms with Crippen LogP contribution in [-0.2, 0) is 6.54 Å². The molecule has 0 unspecified atom stereocenters. The second-order valence-electron chi connectivity index (χ2n) is 4.49. The minimum atomic E-state index is 0.387. The van der Waals surface area contributed by atoms with E-state index in [-0.39, 0.29) is 0 Å². The van der Waals surface area contributed by atoms with Gasteiger partial charge in [0.1, 0.15) is 6.33 Å². The first kappa shape index (κ1) is 14.7. The van der Waals surface area contributed by atoms with Gasteiger partial charge in [-0.2, -0.15) is 4.68 Å². The maximum Gasteiger partial charge on any atom is 0.248 e. The summed E-state index contributed by atoms with van der Waals surface area (Å²) in [6.07, 6.45) is 3.25. The zero-order chi connectivity index (χ0) is 15.5. The molecule has 2 heterocycles. The van der Waals surface area contributed by atoms with Crippen LogP contribution in [0.25, 0.3) is 5.69 Å². The van der Waals surface area contributed by atoms with Crippen LogP contribution in [0.2, 0.25) is 10.0 Å². The van der Waals surface area contributed by atoms with Crippen molar-refractivity contribution in [1.82, 2.24) is 30.2 Å². The molecule has 22 heavy (non-hydrogen) atoms. The standard InChI is InChI=1S/C13H11Cl2N7/c1-8-5-16-7-18-10(8)6-17-13-19-20-21-22(13)11-4-2-3-9(14)12(11)15/h2-5,7H,6H2,1H3,(H,17,19,21). The van der Waals surface area contributed by atoms with E-state index in [9.17, 15) is 0 Å². The Bertz CT molecular complexity index is 803. The number of nitrogens with zero attached hydrogens (tertiary/aromatic N) is 6. The Morgan fingerprint density at radius 2 is 2.14 bits per heavy atom. The minimum absolute atomic E-state index is 0.387. The van der Waals surface area contributed by atoms with Crippen LogP contribution in [0.1, 0.15) is 11.3 Å². The third-order valence-electron chi connectivity index (χ3n) is 3.05. The molecule has 1 aromatic carbocycles. The Hall–Kier alpha value is -2.25. The summed E-state index contributed by atoms with van der Waals surface area (Å²) in [7, 11) is 0. The third kappa shape index (κ3) is 2.86.